The molecule has 0 saturated carbocycles. The van der Waals surface area contributed by atoms with Crippen LogP contribution in [-0.4, -0.2) is 27.9 Å². The maximum Gasteiger partial charge on any atom is 0.273 e. The predicted octanol–water partition coefficient (Wildman–Crippen LogP) is 3.86. The van der Waals surface area contributed by atoms with Gasteiger partial charge in [-0.25, -0.2) is 4.98 Å². The number of aromatic nitrogens is 2. The van der Waals surface area contributed by atoms with Gasteiger partial charge in [-0.2, -0.15) is 0 Å². The fraction of sp³-hybridized carbons (Fsp3) is 0.385. The molecule has 2 N–H and O–H groups in total. The van der Waals surface area contributed by atoms with Crippen molar-refractivity contribution in [1.29, 1.82) is 0 Å². The van der Waals surface area contributed by atoms with Gasteiger partial charge in [-0.05, 0) is 41.7 Å². The number of nitrogens with zero attached hydrogens (tertiary/aromatic N) is 2. The van der Waals surface area contributed by atoms with E-state index in [2.05, 4.69) is 29.5 Å². The van der Waals surface area contributed by atoms with Gasteiger partial charge in [0.25, 0.3) is 5.56 Å². The van der Waals surface area contributed by atoms with Gasteiger partial charge >= 0.3 is 0 Å². The van der Waals surface area contributed by atoms with Gasteiger partial charge in [0.15, 0.2) is 0 Å². The predicted molar refractivity (Wildman–Crippen MR) is 131 cm³/mol. The summed E-state index contributed by atoms with van der Waals surface area (Å²) in [5.74, 6) is 0.339. The highest BCUT2D eigenvalue weighted by molar-refractivity contribution is 5.91. The molecule has 7 heteroatoms. The number of carbonyl (C=O) groups excluding carboxylic acids is 2. The Labute approximate surface area is 194 Å². The zero-order valence-electron chi connectivity index (χ0n) is 19.7. The standard InChI is InChI=1S/C26H32N4O3/c1-17(2)15-27-24(31)14-13-22-26(33)30(23-8-6-5-7-21(23)29-22)16-25(32)28-20-11-9-19(10-12-20)18(3)4/h5-12,17-18H,13-16H2,1-4H3,(H,27,31)(H,28,32). The van der Waals surface area contributed by atoms with Gasteiger partial charge in [0.05, 0.1) is 11.0 Å². The Morgan fingerprint density at radius 3 is 2.33 bits per heavy atom. The molecular weight excluding hydrogens is 416 g/mol. The average Bonchev–Trinajstić information content (AvgIpc) is 2.78. The second-order valence-corrected chi connectivity index (χ2v) is 8.96. The van der Waals surface area contributed by atoms with Crippen LogP contribution in [0.5, 0.6) is 0 Å². The molecule has 3 aromatic rings. The molecule has 0 aliphatic rings. The van der Waals surface area contributed by atoms with Gasteiger partial charge in [0.2, 0.25) is 11.8 Å². The third-order valence-electron chi connectivity index (χ3n) is 5.38. The number of amides is 2. The van der Waals surface area contributed by atoms with E-state index in [0.717, 1.165) is 0 Å². The Hall–Kier alpha value is -3.48. The molecule has 0 saturated heterocycles. The van der Waals surface area contributed by atoms with E-state index in [1.807, 2.05) is 50.2 Å². The summed E-state index contributed by atoms with van der Waals surface area (Å²) in [5.41, 5.74) is 2.99. The maximum atomic E-state index is 13.2. The van der Waals surface area contributed by atoms with E-state index in [-0.39, 0.29) is 42.5 Å². The van der Waals surface area contributed by atoms with E-state index in [9.17, 15) is 14.4 Å². The molecule has 1 aromatic heterocycles. The lowest BCUT2D eigenvalue weighted by atomic mass is 10.0. The number of aryl methyl sites for hydroxylation is 1. The average molecular weight is 449 g/mol. The molecule has 174 valence electrons. The number of para-hydroxylation sites is 2. The number of hydrogen-bond donors (Lipinski definition) is 2. The van der Waals surface area contributed by atoms with Crippen molar-refractivity contribution in [2.24, 2.45) is 5.92 Å². The number of anilines is 1. The Morgan fingerprint density at radius 1 is 0.970 bits per heavy atom. The third-order valence-corrected chi connectivity index (χ3v) is 5.38. The Bertz CT molecular complexity index is 1180. The second-order valence-electron chi connectivity index (χ2n) is 8.96. The van der Waals surface area contributed by atoms with Gasteiger partial charge in [-0.1, -0.05) is 52.0 Å². The van der Waals surface area contributed by atoms with Gasteiger partial charge in [0.1, 0.15) is 12.2 Å². The summed E-state index contributed by atoms with van der Waals surface area (Å²) in [4.78, 5) is 42.5. The zero-order chi connectivity index (χ0) is 24.0. The van der Waals surface area contributed by atoms with Crippen LogP contribution in [0.2, 0.25) is 0 Å². The highest BCUT2D eigenvalue weighted by atomic mass is 16.2. The second kappa shape index (κ2) is 10.9. The molecule has 1 heterocycles. The molecule has 2 amide bonds. The molecule has 0 radical (unpaired) electrons. The van der Waals surface area contributed by atoms with Crippen molar-refractivity contribution in [2.45, 2.75) is 53.0 Å². The quantitative estimate of drug-likeness (QED) is 0.520. The largest absolute Gasteiger partial charge is 0.356 e. The first-order chi connectivity index (χ1) is 15.7. The molecule has 7 nitrogen and oxygen atoms in total. The first-order valence-corrected chi connectivity index (χ1v) is 11.4. The molecule has 0 aliphatic heterocycles. The molecule has 0 fully saturated rings. The van der Waals surface area contributed by atoms with Crippen molar-refractivity contribution in [1.82, 2.24) is 14.9 Å². The first-order valence-electron chi connectivity index (χ1n) is 11.4. The first kappa shape index (κ1) is 24.2. The van der Waals surface area contributed by atoms with Crippen LogP contribution in [0.15, 0.2) is 53.3 Å². The normalized spacial score (nSPS) is 11.2. The van der Waals surface area contributed by atoms with E-state index in [1.165, 1.54) is 10.1 Å². The van der Waals surface area contributed by atoms with Crippen molar-refractivity contribution >= 4 is 28.5 Å². The van der Waals surface area contributed by atoms with E-state index >= 15 is 0 Å². The molecular formula is C26H32N4O3. The Balaban J connectivity index is 1.79. The zero-order valence-corrected chi connectivity index (χ0v) is 19.7. The molecule has 0 aliphatic carbocycles. The number of hydrogen-bond acceptors (Lipinski definition) is 4. The van der Waals surface area contributed by atoms with Crippen LogP contribution in [-0.2, 0) is 22.6 Å². The Kier molecular flexibility index (Phi) is 7.98. The monoisotopic (exact) mass is 448 g/mol. The Morgan fingerprint density at radius 2 is 1.67 bits per heavy atom. The van der Waals surface area contributed by atoms with Crippen LogP contribution in [0.25, 0.3) is 11.0 Å². The summed E-state index contributed by atoms with van der Waals surface area (Å²) < 4.78 is 1.43. The van der Waals surface area contributed by atoms with Crippen LogP contribution in [0.3, 0.4) is 0 Å². The number of fused-ring (bicyclic) bond motifs is 1. The minimum absolute atomic E-state index is 0.118. The lowest BCUT2D eigenvalue weighted by molar-refractivity contribution is -0.121. The third kappa shape index (κ3) is 6.51. The van der Waals surface area contributed by atoms with Crippen LogP contribution >= 0.6 is 0 Å². The van der Waals surface area contributed by atoms with Crippen molar-refractivity contribution in [2.75, 3.05) is 11.9 Å². The van der Waals surface area contributed by atoms with Gasteiger partial charge in [-0.3, -0.25) is 19.0 Å². The lowest BCUT2D eigenvalue weighted by Gasteiger charge is -2.13. The van der Waals surface area contributed by atoms with Crippen LogP contribution in [0.1, 0.15) is 51.3 Å². The lowest BCUT2D eigenvalue weighted by Crippen LogP contribution is -2.32. The molecule has 0 unspecified atom stereocenters. The molecule has 0 bridgehead atoms. The minimum Gasteiger partial charge on any atom is -0.356 e. The van der Waals surface area contributed by atoms with E-state index < -0.39 is 0 Å². The van der Waals surface area contributed by atoms with E-state index in [4.69, 9.17) is 0 Å². The number of rotatable bonds is 9. The van der Waals surface area contributed by atoms with Crippen LogP contribution < -0.4 is 16.2 Å². The molecule has 3 rings (SSSR count). The fourth-order valence-corrected chi connectivity index (χ4v) is 3.50. The van der Waals surface area contributed by atoms with Crippen LogP contribution in [0, 0.1) is 5.92 Å². The van der Waals surface area contributed by atoms with Crippen molar-refractivity contribution in [3.05, 3.63) is 70.1 Å². The summed E-state index contributed by atoms with van der Waals surface area (Å²) in [6.07, 6.45) is 0.383. The van der Waals surface area contributed by atoms with Gasteiger partial charge in [0, 0.05) is 25.1 Å². The maximum absolute atomic E-state index is 13.2. The molecule has 0 spiro atoms. The van der Waals surface area contributed by atoms with Crippen LogP contribution in [0.4, 0.5) is 5.69 Å². The summed E-state index contributed by atoms with van der Waals surface area (Å²) in [6, 6.07) is 14.9. The highest BCUT2D eigenvalue weighted by Gasteiger charge is 2.15. The number of benzene rings is 2. The summed E-state index contributed by atoms with van der Waals surface area (Å²) >= 11 is 0. The van der Waals surface area contributed by atoms with E-state index in [0.29, 0.717) is 35.1 Å². The molecule has 2 aromatic carbocycles. The highest BCUT2D eigenvalue weighted by Crippen LogP contribution is 2.17. The van der Waals surface area contributed by atoms with Crippen molar-refractivity contribution in [3.8, 4) is 0 Å². The van der Waals surface area contributed by atoms with E-state index in [1.54, 1.807) is 12.1 Å². The van der Waals surface area contributed by atoms with Crippen molar-refractivity contribution < 1.29 is 9.59 Å². The smallest absolute Gasteiger partial charge is 0.273 e. The molecule has 0 atom stereocenters. The summed E-state index contributed by atoms with van der Waals surface area (Å²) in [6.45, 7) is 8.72. The molecule has 33 heavy (non-hydrogen) atoms. The minimum atomic E-state index is -0.351. The van der Waals surface area contributed by atoms with Crippen molar-refractivity contribution in [3.63, 3.8) is 0 Å². The fourth-order valence-electron chi connectivity index (χ4n) is 3.50. The van der Waals surface area contributed by atoms with Gasteiger partial charge in [-0.15, -0.1) is 0 Å². The topological polar surface area (TPSA) is 93.1 Å². The van der Waals surface area contributed by atoms with Gasteiger partial charge < -0.3 is 10.6 Å². The number of carbonyl (C=O) groups is 2. The SMILES string of the molecule is CC(C)CNC(=O)CCc1nc2ccccc2n(CC(=O)Nc2ccc(C(C)C)cc2)c1=O. The summed E-state index contributed by atoms with van der Waals surface area (Å²) in [5, 5.41) is 5.72. The summed E-state index contributed by atoms with van der Waals surface area (Å²) in [7, 11) is 0. The number of nitrogens with one attached hydrogen (secondary N) is 2.